The Bertz CT molecular complexity index is 1110. The van der Waals surface area contributed by atoms with E-state index in [0.29, 0.717) is 34.7 Å². The summed E-state index contributed by atoms with van der Waals surface area (Å²) in [6.45, 7) is 8.17. The third-order valence-electron chi connectivity index (χ3n) is 6.68. The molecule has 2 aromatic carbocycles. The van der Waals surface area contributed by atoms with Crippen LogP contribution in [-0.4, -0.2) is 90.6 Å². The van der Waals surface area contributed by atoms with Crippen LogP contribution in [0.3, 0.4) is 0 Å². The van der Waals surface area contributed by atoms with Crippen molar-refractivity contribution in [3.63, 3.8) is 0 Å². The van der Waals surface area contributed by atoms with Gasteiger partial charge < -0.3 is 24.8 Å². The van der Waals surface area contributed by atoms with Gasteiger partial charge in [-0.1, -0.05) is 17.7 Å². The number of thiocarbonyl (C=S) groups is 1. The van der Waals surface area contributed by atoms with Gasteiger partial charge in [0.1, 0.15) is 11.8 Å². The van der Waals surface area contributed by atoms with E-state index in [-0.39, 0.29) is 18.2 Å². The summed E-state index contributed by atoms with van der Waals surface area (Å²) in [5, 5.41) is 3.83. The number of hydrogen-bond acceptors (Lipinski definition) is 6. The molecule has 8 nitrogen and oxygen atoms in total. The van der Waals surface area contributed by atoms with Gasteiger partial charge in [0.05, 0.1) is 18.7 Å². The number of halogens is 1. The van der Waals surface area contributed by atoms with Gasteiger partial charge in [-0.15, -0.1) is 0 Å². The smallest absolute Gasteiger partial charge is 0.256 e. The van der Waals surface area contributed by atoms with Crippen LogP contribution < -0.4 is 15.0 Å². The molecule has 10 heteroatoms. The Balaban J connectivity index is 1.45. The molecule has 1 N–H and O–H groups in total. The molecule has 0 radical (unpaired) electrons. The maximum atomic E-state index is 13.6. The van der Waals surface area contributed by atoms with Gasteiger partial charge in [-0.2, -0.15) is 0 Å². The predicted octanol–water partition coefficient (Wildman–Crippen LogP) is 3.71. The zero-order chi connectivity index (χ0) is 26.4. The molecule has 0 aromatic heterocycles. The number of carbonyl (C=O) groups excluding carboxylic acids is 2. The molecule has 1 atom stereocenters. The molecule has 2 saturated heterocycles. The Kier molecular flexibility index (Phi) is 9.37. The zero-order valence-electron chi connectivity index (χ0n) is 21.4. The quantitative estimate of drug-likeness (QED) is 0.458. The lowest BCUT2D eigenvalue weighted by Crippen LogP contribution is -2.45. The molecule has 37 heavy (non-hydrogen) atoms. The SMILES string of the molecule is CCOc1ccc(NC(=O)CC2C(=O)N(c3cccc(Cl)c3)C(=S)N2CCCN2CCN(C)CC2)cc1. The van der Waals surface area contributed by atoms with Gasteiger partial charge in [0.25, 0.3) is 5.91 Å². The van der Waals surface area contributed by atoms with E-state index in [1.807, 2.05) is 11.8 Å². The van der Waals surface area contributed by atoms with Crippen LogP contribution in [0.2, 0.25) is 5.02 Å². The largest absolute Gasteiger partial charge is 0.494 e. The molecule has 198 valence electrons. The Morgan fingerprint density at radius 3 is 2.51 bits per heavy atom. The number of benzene rings is 2. The minimum Gasteiger partial charge on any atom is -0.494 e. The number of nitrogens with zero attached hydrogens (tertiary/aromatic N) is 4. The fourth-order valence-corrected chi connectivity index (χ4v) is 5.26. The number of carbonyl (C=O) groups is 2. The van der Waals surface area contributed by atoms with E-state index in [4.69, 9.17) is 28.6 Å². The van der Waals surface area contributed by atoms with Crippen molar-refractivity contribution >= 4 is 52.1 Å². The van der Waals surface area contributed by atoms with Crippen LogP contribution in [0, 0.1) is 0 Å². The number of rotatable bonds is 10. The molecule has 0 aliphatic carbocycles. The number of likely N-dealkylation sites (N-methyl/N-ethyl adjacent to an activating group) is 1. The van der Waals surface area contributed by atoms with Gasteiger partial charge in [-0.3, -0.25) is 14.5 Å². The number of nitrogens with one attached hydrogen (secondary N) is 1. The van der Waals surface area contributed by atoms with Crippen molar-refractivity contribution < 1.29 is 14.3 Å². The summed E-state index contributed by atoms with van der Waals surface area (Å²) in [6, 6.07) is 13.6. The monoisotopic (exact) mass is 543 g/mol. The maximum Gasteiger partial charge on any atom is 0.256 e. The molecule has 2 aliphatic rings. The summed E-state index contributed by atoms with van der Waals surface area (Å²) in [7, 11) is 2.14. The second-order valence-corrected chi connectivity index (χ2v) is 10.2. The lowest BCUT2D eigenvalue weighted by Gasteiger charge is -2.33. The first-order valence-corrected chi connectivity index (χ1v) is 13.5. The number of ether oxygens (including phenoxy) is 1. The molecule has 2 amide bonds. The summed E-state index contributed by atoms with van der Waals surface area (Å²) < 4.78 is 5.46. The van der Waals surface area contributed by atoms with E-state index in [1.165, 1.54) is 4.90 Å². The topological polar surface area (TPSA) is 68.4 Å². The summed E-state index contributed by atoms with van der Waals surface area (Å²) in [6.07, 6.45) is 0.843. The Morgan fingerprint density at radius 1 is 1.11 bits per heavy atom. The van der Waals surface area contributed by atoms with Gasteiger partial charge in [0.15, 0.2) is 5.11 Å². The number of piperazine rings is 1. The molecule has 1 unspecified atom stereocenters. The summed E-state index contributed by atoms with van der Waals surface area (Å²) in [4.78, 5) is 34.8. The van der Waals surface area contributed by atoms with Crippen molar-refractivity contribution in [3.8, 4) is 5.75 Å². The first-order chi connectivity index (χ1) is 17.9. The Labute approximate surface area is 229 Å². The summed E-state index contributed by atoms with van der Waals surface area (Å²) in [5.41, 5.74) is 1.26. The fourth-order valence-electron chi connectivity index (χ4n) is 4.67. The van der Waals surface area contributed by atoms with Crippen LogP contribution >= 0.6 is 23.8 Å². The minimum absolute atomic E-state index is 0.00222. The van der Waals surface area contributed by atoms with Gasteiger partial charge in [-0.05, 0) is 81.6 Å². The van der Waals surface area contributed by atoms with Gasteiger partial charge in [-0.25, -0.2) is 0 Å². The molecule has 0 saturated carbocycles. The average molecular weight is 544 g/mol. The molecule has 4 rings (SSSR count). The standard InChI is InChI=1S/C27H34ClN5O3S/c1-3-36-23-10-8-21(9-11-23)29-25(34)19-24-26(35)33(22-7-4-6-20(28)18-22)27(37)32(24)13-5-12-31-16-14-30(2)15-17-31/h4,6-11,18,24H,3,5,12-17,19H2,1-2H3,(H,29,34). The van der Waals surface area contributed by atoms with Crippen LogP contribution in [-0.2, 0) is 9.59 Å². The van der Waals surface area contributed by atoms with Crippen LogP contribution in [0.4, 0.5) is 11.4 Å². The highest BCUT2D eigenvalue weighted by Crippen LogP contribution is 2.29. The Hall–Kier alpha value is -2.72. The van der Waals surface area contributed by atoms with Crippen molar-refractivity contribution in [2.75, 3.05) is 63.1 Å². The lowest BCUT2D eigenvalue weighted by molar-refractivity contribution is -0.124. The van der Waals surface area contributed by atoms with Crippen molar-refractivity contribution in [2.45, 2.75) is 25.8 Å². The molecular formula is C27H34ClN5O3S. The minimum atomic E-state index is -0.679. The number of hydrogen-bond donors (Lipinski definition) is 1. The fraction of sp³-hybridized carbons (Fsp3) is 0.444. The van der Waals surface area contributed by atoms with Gasteiger partial charge >= 0.3 is 0 Å². The summed E-state index contributed by atoms with van der Waals surface area (Å²) >= 11 is 12.0. The number of amides is 2. The second-order valence-electron chi connectivity index (χ2n) is 9.35. The van der Waals surface area contributed by atoms with Crippen molar-refractivity contribution in [1.29, 1.82) is 0 Å². The van der Waals surface area contributed by atoms with Crippen LogP contribution in [0.1, 0.15) is 19.8 Å². The van der Waals surface area contributed by atoms with E-state index in [0.717, 1.165) is 44.9 Å². The molecule has 0 bridgehead atoms. The molecule has 2 aliphatic heterocycles. The molecule has 2 aromatic rings. The van der Waals surface area contributed by atoms with E-state index in [1.54, 1.807) is 48.5 Å². The molecule has 0 spiro atoms. The zero-order valence-corrected chi connectivity index (χ0v) is 22.9. The first-order valence-electron chi connectivity index (χ1n) is 12.7. The van der Waals surface area contributed by atoms with Gasteiger partial charge in [0, 0.05) is 43.4 Å². The normalized spacial score (nSPS) is 18.9. The predicted molar refractivity (Wildman–Crippen MR) is 151 cm³/mol. The van der Waals surface area contributed by atoms with E-state index < -0.39 is 6.04 Å². The first kappa shape index (κ1) is 27.3. The van der Waals surface area contributed by atoms with Crippen LogP contribution in [0.15, 0.2) is 48.5 Å². The van der Waals surface area contributed by atoms with E-state index in [9.17, 15) is 9.59 Å². The molecule has 2 fully saturated rings. The molecule has 2 heterocycles. The van der Waals surface area contributed by atoms with Gasteiger partial charge in [0.2, 0.25) is 5.91 Å². The average Bonchev–Trinajstić information content (AvgIpc) is 3.10. The second kappa shape index (κ2) is 12.7. The maximum absolute atomic E-state index is 13.6. The highest BCUT2D eigenvalue weighted by Gasteiger charge is 2.44. The van der Waals surface area contributed by atoms with Crippen molar-refractivity contribution in [3.05, 3.63) is 53.6 Å². The van der Waals surface area contributed by atoms with Crippen molar-refractivity contribution in [2.24, 2.45) is 0 Å². The van der Waals surface area contributed by atoms with E-state index in [2.05, 4.69) is 22.2 Å². The molecular weight excluding hydrogens is 510 g/mol. The third-order valence-corrected chi connectivity index (χ3v) is 7.33. The summed E-state index contributed by atoms with van der Waals surface area (Å²) in [5.74, 6) is 0.275. The third kappa shape index (κ3) is 6.98. The van der Waals surface area contributed by atoms with Crippen LogP contribution in [0.25, 0.3) is 0 Å². The van der Waals surface area contributed by atoms with Crippen molar-refractivity contribution in [1.82, 2.24) is 14.7 Å². The number of anilines is 2. The lowest BCUT2D eigenvalue weighted by atomic mass is 10.1. The highest BCUT2D eigenvalue weighted by atomic mass is 35.5. The van der Waals surface area contributed by atoms with E-state index >= 15 is 0 Å². The highest BCUT2D eigenvalue weighted by molar-refractivity contribution is 7.80. The Morgan fingerprint density at radius 2 is 1.84 bits per heavy atom. The van der Waals surface area contributed by atoms with Crippen LogP contribution in [0.5, 0.6) is 5.75 Å².